The number of nitrogens with zero attached hydrogens (tertiary/aromatic N) is 3. The van der Waals surface area contributed by atoms with Gasteiger partial charge in [0, 0.05) is 31.7 Å². The Morgan fingerprint density at radius 1 is 1.47 bits per heavy atom. The zero-order valence-electron chi connectivity index (χ0n) is 11.3. The molecule has 3 atom stereocenters. The summed E-state index contributed by atoms with van der Waals surface area (Å²) in [5.41, 5.74) is 0.663. The fraction of sp³-hybridized carbons (Fsp3) is 0.714. The molecule has 0 radical (unpaired) electrons. The Balaban J connectivity index is 1.75. The number of amides is 1. The summed E-state index contributed by atoms with van der Waals surface area (Å²) in [6, 6.07) is 1.78. The van der Waals surface area contributed by atoms with Crippen molar-refractivity contribution >= 4 is 5.91 Å². The summed E-state index contributed by atoms with van der Waals surface area (Å²) in [7, 11) is 0. The monoisotopic (exact) mass is 263 g/mol. The van der Waals surface area contributed by atoms with Crippen molar-refractivity contribution in [2.75, 3.05) is 13.1 Å². The molecule has 1 aliphatic heterocycles. The molecule has 3 rings (SSSR count). The molecule has 5 heteroatoms. The van der Waals surface area contributed by atoms with Gasteiger partial charge in [-0.25, -0.2) is 0 Å². The van der Waals surface area contributed by atoms with E-state index in [0.717, 1.165) is 25.8 Å². The lowest BCUT2D eigenvalue weighted by atomic mass is 9.80. The van der Waals surface area contributed by atoms with Crippen molar-refractivity contribution in [1.82, 2.24) is 14.7 Å². The lowest BCUT2D eigenvalue weighted by Crippen LogP contribution is -2.33. The van der Waals surface area contributed by atoms with Gasteiger partial charge in [-0.1, -0.05) is 6.42 Å². The molecule has 0 aromatic carbocycles. The summed E-state index contributed by atoms with van der Waals surface area (Å²) in [6.07, 6.45) is 4.55. The standard InChI is InChI=1S/C14H21N3O2/c1-2-17-12(6-7-15-17)14(19)16-8-10-4-3-5-13(18)11(10)9-16/h6-7,10-11,13,18H,2-5,8-9H2,1H3/t10-,11+,13-/m1/s1. The number of aromatic nitrogens is 2. The second kappa shape index (κ2) is 4.96. The van der Waals surface area contributed by atoms with E-state index in [1.165, 1.54) is 0 Å². The van der Waals surface area contributed by atoms with Crippen LogP contribution in [0, 0.1) is 11.8 Å². The molecule has 5 nitrogen and oxygen atoms in total. The third-order valence-corrected chi connectivity index (χ3v) is 4.58. The third-order valence-electron chi connectivity index (χ3n) is 4.58. The van der Waals surface area contributed by atoms with Gasteiger partial charge in [-0.3, -0.25) is 9.48 Å². The Kier molecular flexibility index (Phi) is 3.31. The summed E-state index contributed by atoms with van der Waals surface area (Å²) >= 11 is 0. The van der Waals surface area contributed by atoms with Crippen molar-refractivity contribution in [3.8, 4) is 0 Å². The van der Waals surface area contributed by atoms with Crippen LogP contribution in [0.4, 0.5) is 0 Å². The highest BCUT2D eigenvalue weighted by Gasteiger charge is 2.41. The van der Waals surface area contributed by atoms with Crippen LogP contribution >= 0.6 is 0 Å². The van der Waals surface area contributed by atoms with Gasteiger partial charge in [-0.2, -0.15) is 5.10 Å². The molecule has 0 unspecified atom stereocenters. The summed E-state index contributed by atoms with van der Waals surface area (Å²) in [5, 5.41) is 14.2. The van der Waals surface area contributed by atoms with Crippen LogP contribution in [0.15, 0.2) is 12.3 Å². The lowest BCUT2D eigenvalue weighted by molar-refractivity contribution is 0.0538. The van der Waals surface area contributed by atoms with E-state index in [1.807, 2.05) is 11.8 Å². The average molecular weight is 263 g/mol. The van der Waals surface area contributed by atoms with Crippen LogP contribution in [0.5, 0.6) is 0 Å². The van der Waals surface area contributed by atoms with Crippen molar-refractivity contribution in [3.05, 3.63) is 18.0 Å². The molecule has 2 aliphatic rings. The first-order valence-electron chi connectivity index (χ1n) is 7.20. The number of hydrogen-bond acceptors (Lipinski definition) is 3. The van der Waals surface area contributed by atoms with Gasteiger partial charge in [-0.05, 0) is 31.7 Å². The van der Waals surface area contributed by atoms with Crippen LogP contribution in [0.3, 0.4) is 0 Å². The van der Waals surface area contributed by atoms with Crippen LogP contribution in [0.2, 0.25) is 0 Å². The van der Waals surface area contributed by atoms with E-state index in [0.29, 0.717) is 24.7 Å². The molecule has 1 N–H and O–H groups in total. The molecule has 19 heavy (non-hydrogen) atoms. The maximum Gasteiger partial charge on any atom is 0.272 e. The first-order chi connectivity index (χ1) is 9.20. The van der Waals surface area contributed by atoms with Crippen molar-refractivity contribution in [3.63, 3.8) is 0 Å². The van der Waals surface area contributed by atoms with Crippen LogP contribution in [-0.2, 0) is 6.54 Å². The Bertz CT molecular complexity index is 471. The highest BCUT2D eigenvalue weighted by Crippen LogP contribution is 2.36. The molecule has 0 bridgehead atoms. The number of carbonyl (C=O) groups is 1. The zero-order valence-corrected chi connectivity index (χ0v) is 11.3. The molecule has 1 saturated carbocycles. The van der Waals surface area contributed by atoms with E-state index in [-0.39, 0.29) is 17.9 Å². The molecular formula is C14H21N3O2. The molecule has 1 amide bonds. The molecule has 2 fully saturated rings. The predicted octanol–water partition coefficient (Wildman–Crippen LogP) is 1.14. The molecule has 1 aromatic heterocycles. The first kappa shape index (κ1) is 12.7. The maximum atomic E-state index is 12.5. The number of hydrogen-bond donors (Lipinski definition) is 1. The first-order valence-corrected chi connectivity index (χ1v) is 7.20. The van der Waals surface area contributed by atoms with E-state index in [2.05, 4.69) is 5.10 Å². The molecule has 0 spiro atoms. The van der Waals surface area contributed by atoms with E-state index in [9.17, 15) is 9.90 Å². The SMILES string of the molecule is CCn1nccc1C(=O)N1C[C@H]2CCC[C@@H](O)[C@H]2C1. The van der Waals surface area contributed by atoms with Crippen LogP contribution in [-0.4, -0.2) is 44.9 Å². The van der Waals surface area contributed by atoms with E-state index >= 15 is 0 Å². The second-order valence-corrected chi connectivity index (χ2v) is 5.66. The van der Waals surface area contributed by atoms with Gasteiger partial charge in [0.15, 0.2) is 0 Å². The minimum Gasteiger partial charge on any atom is -0.393 e. The largest absolute Gasteiger partial charge is 0.393 e. The van der Waals surface area contributed by atoms with E-state index in [1.54, 1.807) is 16.9 Å². The Morgan fingerprint density at radius 2 is 2.32 bits per heavy atom. The molecule has 1 aliphatic carbocycles. The summed E-state index contributed by atoms with van der Waals surface area (Å²) in [4.78, 5) is 14.4. The molecular weight excluding hydrogens is 242 g/mol. The molecule has 1 saturated heterocycles. The number of likely N-dealkylation sites (tertiary alicyclic amines) is 1. The molecule has 2 heterocycles. The van der Waals surface area contributed by atoms with Crippen LogP contribution < -0.4 is 0 Å². The number of aryl methyl sites for hydroxylation is 1. The summed E-state index contributed by atoms with van der Waals surface area (Å²) in [5.74, 6) is 0.808. The highest BCUT2D eigenvalue weighted by molar-refractivity contribution is 5.92. The fourth-order valence-corrected chi connectivity index (χ4v) is 3.54. The van der Waals surface area contributed by atoms with Crippen molar-refractivity contribution in [2.45, 2.75) is 38.8 Å². The van der Waals surface area contributed by atoms with Gasteiger partial charge in [0.05, 0.1) is 6.10 Å². The van der Waals surface area contributed by atoms with Crippen molar-refractivity contribution in [2.24, 2.45) is 11.8 Å². The maximum absolute atomic E-state index is 12.5. The Labute approximate surface area is 113 Å². The number of carbonyl (C=O) groups excluding carboxylic acids is 1. The Morgan fingerprint density at radius 3 is 3.05 bits per heavy atom. The van der Waals surface area contributed by atoms with Gasteiger partial charge in [-0.15, -0.1) is 0 Å². The van der Waals surface area contributed by atoms with Crippen molar-refractivity contribution in [1.29, 1.82) is 0 Å². The number of aliphatic hydroxyl groups excluding tert-OH is 1. The van der Waals surface area contributed by atoms with E-state index in [4.69, 9.17) is 0 Å². The minimum absolute atomic E-state index is 0.0564. The molecule has 1 aromatic rings. The van der Waals surface area contributed by atoms with Gasteiger partial charge in [0.2, 0.25) is 0 Å². The topological polar surface area (TPSA) is 58.4 Å². The van der Waals surface area contributed by atoms with Gasteiger partial charge in [0.25, 0.3) is 5.91 Å². The van der Waals surface area contributed by atoms with Crippen molar-refractivity contribution < 1.29 is 9.90 Å². The van der Waals surface area contributed by atoms with Crippen LogP contribution in [0.25, 0.3) is 0 Å². The summed E-state index contributed by atoms with van der Waals surface area (Å²) < 4.78 is 1.74. The van der Waals surface area contributed by atoms with Crippen LogP contribution in [0.1, 0.15) is 36.7 Å². The van der Waals surface area contributed by atoms with Gasteiger partial charge < -0.3 is 10.0 Å². The zero-order chi connectivity index (χ0) is 13.4. The fourth-order valence-electron chi connectivity index (χ4n) is 3.54. The van der Waals surface area contributed by atoms with Gasteiger partial charge in [0.1, 0.15) is 5.69 Å². The average Bonchev–Trinajstić information content (AvgIpc) is 3.04. The quantitative estimate of drug-likeness (QED) is 0.870. The normalized spacial score (nSPS) is 30.4. The number of fused-ring (bicyclic) bond motifs is 1. The predicted molar refractivity (Wildman–Crippen MR) is 70.6 cm³/mol. The van der Waals surface area contributed by atoms with Gasteiger partial charge >= 0.3 is 0 Å². The minimum atomic E-state index is -0.229. The second-order valence-electron chi connectivity index (χ2n) is 5.66. The lowest BCUT2D eigenvalue weighted by Gasteiger charge is -2.28. The third kappa shape index (κ3) is 2.16. The number of aliphatic hydroxyl groups is 1. The number of rotatable bonds is 2. The molecule has 104 valence electrons. The highest BCUT2D eigenvalue weighted by atomic mass is 16.3. The summed E-state index contributed by atoms with van der Waals surface area (Å²) in [6.45, 7) is 4.17. The Hall–Kier alpha value is -1.36. The van der Waals surface area contributed by atoms with E-state index < -0.39 is 0 Å². The smallest absolute Gasteiger partial charge is 0.272 e.